The number of rotatable bonds is 6. The van der Waals surface area contributed by atoms with Crippen molar-refractivity contribution in [2.75, 3.05) is 7.11 Å². The van der Waals surface area contributed by atoms with Crippen LogP contribution in [0.5, 0.6) is 0 Å². The zero-order chi connectivity index (χ0) is 16.9. The minimum absolute atomic E-state index is 0.168. The van der Waals surface area contributed by atoms with E-state index < -0.39 is 5.54 Å². The van der Waals surface area contributed by atoms with Crippen LogP contribution in [0.2, 0.25) is 10.0 Å². The van der Waals surface area contributed by atoms with Gasteiger partial charge in [-0.25, -0.2) is 0 Å². The van der Waals surface area contributed by atoms with E-state index in [-0.39, 0.29) is 12.4 Å². The fourth-order valence-electron chi connectivity index (χ4n) is 2.24. The lowest BCUT2D eigenvalue weighted by molar-refractivity contribution is -0.142. The van der Waals surface area contributed by atoms with Crippen molar-refractivity contribution in [1.82, 2.24) is 10.3 Å². The summed E-state index contributed by atoms with van der Waals surface area (Å²) in [5.74, 6) is -0.306. The average molecular weight is 353 g/mol. The molecule has 1 heterocycles. The zero-order valence-electron chi connectivity index (χ0n) is 13.0. The molecule has 0 aliphatic heterocycles. The quantitative estimate of drug-likeness (QED) is 0.799. The third kappa shape index (κ3) is 4.67. The molecule has 0 saturated carbocycles. The molecule has 0 spiro atoms. The summed E-state index contributed by atoms with van der Waals surface area (Å²) in [6.07, 6.45) is 1.87. The van der Waals surface area contributed by atoms with Crippen molar-refractivity contribution in [3.8, 4) is 0 Å². The van der Waals surface area contributed by atoms with E-state index in [2.05, 4.69) is 10.3 Å². The number of carbonyl (C=O) groups is 1. The zero-order valence-corrected chi connectivity index (χ0v) is 14.5. The highest BCUT2D eigenvalue weighted by molar-refractivity contribution is 6.42. The summed E-state index contributed by atoms with van der Waals surface area (Å²) in [6.45, 7) is 2.44. The van der Waals surface area contributed by atoms with Crippen LogP contribution in [0.3, 0.4) is 0 Å². The largest absolute Gasteiger partial charge is 0.469 e. The molecule has 1 aromatic heterocycles. The molecule has 0 bridgehead atoms. The molecule has 0 amide bonds. The molecule has 4 nitrogen and oxygen atoms in total. The molecule has 0 aliphatic rings. The van der Waals surface area contributed by atoms with Crippen LogP contribution in [0.15, 0.2) is 42.6 Å². The lowest BCUT2D eigenvalue weighted by Crippen LogP contribution is -2.42. The van der Waals surface area contributed by atoms with Crippen molar-refractivity contribution >= 4 is 29.2 Å². The van der Waals surface area contributed by atoms with Crippen LogP contribution < -0.4 is 5.32 Å². The summed E-state index contributed by atoms with van der Waals surface area (Å²) in [5.41, 5.74) is 1.08. The van der Waals surface area contributed by atoms with Gasteiger partial charge < -0.3 is 10.1 Å². The number of nitrogens with one attached hydrogen (secondary N) is 1. The lowest BCUT2D eigenvalue weighted by Gasteiger charge is -2.29. The number of halogens is 2. The average Bonchev–Trinajstić information content (AvgIpc) is 2.56. The molecule has 1 aromatic carbocycles. The molecule has 2 rings (SSSR count). The molecule has 0 aliphatic carbocycles. The van der Waals surface area contributed by atoms with Crippen molar-refractivity contribution in [3.05, 3.63) is 63.9 Å². The Morgan fingerprint density at radius 2 is 2.04 bits per heavy atom. The van der Waals surface area contributed by atoms with E-state index in [1.807, 2.05) is 31.2 Å². The third-order valence-electron chi connectivity index (χ3n) is 3.62. The van der Waals surface area contributed by atoms with E-state index in [1.165, 1.54) is 7.11 Å². The maximum Gasteiger partial charge on any atom is 0.307 e. The maximum absolute atomic E-state index is 11.8. The van der Waals surface area contributed by atoms with Crippen LogP contribution >= 0.6 is 23.2 Å². The van der Waals surface area contributed by atoms with E-state index in [4.69, 9.17) is 27.9 Å². The van der Waals surface area contributed by atoms with Crippen molar-refractivity contribution in [2.45, 2.75) is 25.4 Å². The Kier molecular flexibility index (Phi) is 5.99. The maximum atomic E-state index is 11.8. The number of nitrogens with zero attached hydrogens (tertiary/aromatic N) is 1. The molecule has 6 heteroatoms. The fraction of sp³-hybridized carbons (Fsp3) is 0.294. The Balaban J connectivity index is 2.20. The minimum Gasteiger partial charge on any atom is -0.469 e. The van der Waals surface area contributed by atoms with Gasteiger partial charge in [-0.2, -0.15) is 0 Å². The molecule has 2 aromatic rings. The minimum atomic E-state index is -0.652. The van der Waals surface area contributed by atoms with Crippen molar-refractivity contribution in [2.24, 2.45) is 0 Å². The first kappa shape index (κ1) is 17.7. The summed E-state index contributed by atoms with van der Waals surface area (Å²) in [6, 6.07) is 11.0. The Bertz CT molecular complexity index is 680. The van der Waals surface area contributed by atoms with Gasteiger partial charge in [0.1, 0.15) is 0 Å². The number of methoxy groups -OCH3 is 1. The van der Waals surface area contributed by atoms with Crippen LogP contribution in [0.25, 0.3) is 0 Å². The number of ether oxygens (including phenoxy) is 1. The normalized spacial score (nSPS) is 13.4. The van der Waals surface area contributed by atoms with Crippen molar-refractivity contribution < 1.29 is 9.53 Å². The molecular weight excluding hydrogens is 335 g/mol. The third-order valence-corrected chi connectivity index (χ3v) is 4.36. The predicted octanol–water partition coefficient (Wildman–Crippen LogP) is 3.96. The SMILES string of the molecule is COC(=O)C[C@](C)(NCc1ccc(Cl)c(Cl)c1)c1ccccn1. The molecule has 0 unspecified atom stereocenters. The topological polar surface area (TPSA) is 51.2 Å². The van der Waals surface area contributed by atoms with Gasteiger partial charge in [-0.15, -0.1) is 0 Å². The first-order valence-electron chi connectivity index (χ1n) is 7.12. The van der Waals surface area contributed by atoms with Gasteiger partial charge in [0.05, 0.1) is 34.8 Å². The number of benzene rings is 1. The van der Waals surface area contributed by atoms with E-state index >= 15 is 0 Å². The van der Waals surface area contributed by atoms with Crippen LogP contribution in [0, 0.1) is 0 Å². The van der Waals surface area contributed by atoms with Gasteiger partial charge in [-0.05, 0) is 36.8 Å². The van der Waals surface area contributed by atoms with Crippen molar-refractivity contribution in [1.29, 1.82) is 0 Å². The van der Waals surface area contributed by atoms with Crippen molar-refractivity contribution in [3.63, 3.8) is 0 Å². The standard InChI is InChI=1S/C17H18Cl2N2O2/c1-17(10-16(22)23-2,15-5-3-4-8-20-15)21-11-12-6-7-13(18)14(19)9-12/h3-9,21H,10-11H2,1-2H3/t17-/m0/s1. The molecule has 122 valence electrons. The highest BCUT2D eigenvalue weighted by Crippen LogP contribution is 2.26. The molecule has 0 radical (unpaired) electrons. The fourth-order valence-corrected chi connectivity index (χ4v) is 2.56. The number of esters is 1. The summed E-state index contributed by atoms with van der Waals surface area (Å²) < 4.78 is 4.81. The summed E-state index contributed by atoms with van der Waals surface area (Å²) in [4.78, 5) is 16.1. The first-order valence-corrected chi connectivity index (χ1v) is 7.87. The predicted molar refractivity (Wildman–Crippen MR) is 91.5 cm³/mol. The molecule has 1 N–H and O–H groups in total. The first-order chi connectivity index (χ1) is 10.9. The van der Waals surface area contributed by atoms with E-state index in [0.717, 1.165) is 11.3 Å². The van der Waals surface area contributed by atoms with Gasteiger partial charge in [-0.3, -0.25) is 9.78 Å². The number of pyridine rings is 1. The highest BCUT2D eigenvalue weighted by atomic mass is 35.5. The second-order valence-electron chi connectivity index (χ2n) is 5.40. The van der Waals surface area contributed by atoms with Crippen LogP contribution in [0.4, 0.5) is 0 Å². The Morgan fingerprint density at radius 1 is 1.26 bits per heavy atom. The molecule has 1 atom stereocenters. The summed E-state index contributed by atoms with van der Waals surface area (Å²) in [5, 5.41) is 4.39. The van der Waals surface area contributed by atoms with E-state index in [1.54, 1.807) is 18.3 Å². The smallest absolute Gasteiger partial charge is 0.307 e. The van der Waals surface area contributed by atoms with Gasteiger partial charge in [-0.1, -0.05) is 35.3 Å². The number of carbonyl (C=O) groups excluding carboxylic acids is 1. The summed E-state index contributed by atoms with van der Waals surface area (Å²) in [7, 11) is 1.38. The van der Waals surface area contributed by atoms with E-state index in [9.17, 15) is 4.79 Å². The Hall–Kier alpha value is -1.62. The number of hydrogen-bond donors (Lipinski definition) is 1. The van der Waals surface area contributed by atoms with Crippen LogP contribution in [-0.4, -0.2) is 18.1 Å². The molecule has 23 heavy (non-hydrogen) atoms. The van der Waals surface area contributed by atoms with Gasteiger partial charge in [0, 0.05) is 12.7 Å². The molecular formula is C17H18Cl2N2O2. The van der Waals surface area contributed by atoms with Crippen LogP contribution in [-0.2, 0) is 21.6 Å². The molecule has 0 fully saturated rings. The highest BCUT2D eigenvalue weighted by Gasteiger charge is 2.31. The lowest BCUT2D eigenvalue weighted by atomic mass is 9.92. The second kappa shape index (κ2) is 7.77. The van der Waals surface area contributed by atoms with E-state index in [0.29, 0.717) is 16.6 Å². The number of aromatic nitrogens is 1. The Morgan fingerprint density at radius 3 is 2.65 bits per heavy atom. The number of hydrogen-bond acceptors (Lipinski definition) is 4. The Labute approximate surface area is 145 Å². The van der Waals surface area contributed by atoms with Gasteiger partial charge in [0.25, 0.3) is 0 Å². The van der Waals surface area contributed by atoms with Crippen LogP contribution in [0.1, 0.15) is 24.6 Å². The monoisotopic (exact) mass is 352 g/mol. The molecule has 0 saturated heterocycles. The second-order valence-corrected chi connectivity index (χ2v) is 6.22. The summed E-state index contributed by atoms with van der Waals surface area (Å²) >= 11 is 12.0. The van der Waals surface area contributed by atoms with Gasteiger partial charge in [0.15, 0.2) is 0 Å². The van der Waals surface area contributed by atoms with Gasteiger partial charge >= 0.3 is 5.97 Å². The van der Waals surface area contributed by atoms with Gasteiger partial charge in [0.2, 0.25) is 0 Å².